The maximum absolute atomic E-state index is 4.38. The SMILES string of the molecule is Cc1cnc(CNC2CSc3ccccc32)s1. The van der Waals surface area contributed by atoms with E-state index in [1.165, 1.54) is 20.3 Å². The number of thioether (sulfide) groups is 1. The summed E-state index contributed by atoms with van der Waals surface area (Å²) in [4.78, 5) is 7.08. The van der Waals surface area contributed by atoms with Crippen LogP contribution in [-0.4, -0.2) is 10.7 Å². The molecule has 1 aliphatic rings. The third-order valence-corrected chi connectivity index (χ3v) is 4.96. The highest BCUT2D eigenvalue weighted by Gasteiger charge is 2.21. The second-order valence-corrected chi connectivity index (χ2v) is 6.53. The van der Waals surface area contributed by atoms with Crippen LogP contribution in [0.1, 0.15) is 21.5 Å². The number of hydrogen-bond donors (Lipinski definition) is 1. The standard InChI is InChI=1S/C13H14N2S2/c1-9-6-15-13(17-9)7-14-11-8-16-12-5-3-2-4-10(11)12/h2-6,11,14H,7-8H2,1H3. The average Bonchev–Trinajstić information content (AvgIpc) is 2.93. The smallest absolute Gasteiger partial charge is 0.107 e. The first-order valence-electron chi connectivity index (χ1n) is 5.69. The van der Waals surface area contributed by atoms with Gasteiger partial charge >= 0.3 is 0 Å². The highest BCUT2D eigenvalue weighted by atomic mass is 32.2. The molecule has 2 aromatic rings. The van der Waals surface area contributed by atoms with Crippen LogP contribution in [0.2, 0.25) is 0 Å². The molecule has 17 heavy (non-hydrogen) atoms. The van der Waals surface area contributed by atoms with Gasteiger partial charge in [0.15, 0.2) is 0 Å². The Morgan fingerprint density at radius 2 is 2.29 bits per heavy atom. The van der Waals surface area contributed by atoms with Gasteiger partial charge < -0.3 is 5.32 Å². The first-order valence-corrected chi connectivity index (χ1v) is 7.49. The van der Waals surface area contributed by atoms with Gasteiger partial charge in [0, 0.05) is 34.3 Å². The number of aryl methyl sites for hydroxylation is 1. The van der Waals surface area contributed by atoms with Crippen molar-refractivity contribution in [3.8, 4) is 0 Å². The van der Waals surface area contributed by atoms with Gasteiger partial charge in [-0.1, -0.05) is 18.2 Å². The number of thiazole rings is 1. The zero-order valence-corrected chi connectivity index (χ0v) is 11.3. The summed E-state index contributed by atoms with van der Waals surface area (Å²) in [6, 6.07) is 9.13. The van der Waals surface area contributed by atoms with E-state index in [1.807, 2.05) is 18.0 Å². The molecule has 0 spiro atoms. The molecule has 0 fully saturated rings. The van der Waals surface area contributed by atoms with Gasteiger partial charge in [-0.05, 0) is 18.6 Å². The lowest BCUT2D eigenvalue weighted by Crippen LogP contribution is -2.20. The van der Waals surface area contributed by atoms with Crippen molar-refractivity contribution in [2.75, 3.05) is 5.75 Å². The molecule has 4 heteroatoms. The van der Waals surface area contributed by atoms with Crippen molar-refractivity contribution < 1.29 is 0 Å². The summed E-state index contributed by atoms with van der Waals surface area (Å²) in [5.74, 6) is 1.13. The van der Waals surface area contributed by atoms with Gasteiger partial charge in [-0.15, -0.1) is 23.1 Å². The molecule has 1 unspecified atom stereocenters. The van der Waals surface area contributed by atoms with Gasteiger partial charge in [0.05, 0.1) is 0 Å². The van der Waals surface area contributed by atoms with Gasteiger partial charge in [0.25, 0.3) is 0 Å². The molecule has 0 amide bonds. The quantitative estimate of drug-likeness (QED) is 0.918. The third-order valence-electron chi connectivity index (χ3n) is 2.87. The van der Waals surface area contributed by atoms with Crippen LogP contribution in [0, 0.1) is 6.92 Å². The van der Waals surface area contributed by atoms with Crippen molar-refractivity contribution >= 4 is 23.1 Å². The monoisotopic (exact) mass is 262 g/mol. The Balaban J connectivity index is 1.68. The fourth-order valence-corrected chi connectivity index (χ4v) is 3.96. The van der Waals surface area contributed by atoms with Gasteiger partial charge in [-0.2, -0.15) is 0 Å². The largest absolute Gasteiger partial charge is 0.303 e. The minimum absolute atomic E-state index is 0.473. The van der Waals surface area contributed by atoms with Crippen LogP contribution in [0.3, 0.4) is 0 Å². The zero-order chi connectivity index (χ0) is 11.7. The molecule has 88 valence electrons. The molecule has 0 saturated heterocycles. The molecule has 0 radical (unpaired) electrons. The van der Waals surface area contributed by atoms with Gasteiger partial charge in [0.2, 0.25) is 0 Å². The lowest BCUT2D eigenvalue weighted by Gasteiger charge is -2.11. The highest BCUT2D eigenvalue weighted by molar-refractivity contribution is 7.99. The molecule has 2 heterocycles. The van der Waals surface area contributed by atoms with Gasteiger partial charge in [-0.25, -0.2) is 4.98 Å². The maximum Gasteiger partial charge on any atom is 0.107 e. The predicted octanol–water partition coefficient (Wildman–Crippen LogP) is 3.39. The molecule has 1 aliphatic heterocycles. The van der Waals surface area contributed by atoms with Crippen molar-refractivity contribution in [1.82, 2.24) is 10.3 Å². The minimum atomic E-state index is 0.473. The van der Waals surface area contributed by atoms with Crippen LogP contribution in [0.15, 0.2) is 35.4 Å². The van der Waals surface area contributed by atoms with Crippen molar-refractivity contribution in [2.24, 2.45) is 0 Å². The van der Waals surface area contributed by atoms with E-state index < -0.39 is 0 Å². The number of fused-ring (bicyclic) bond motifs is 1. The third kappa shape index (κ3) is 2.39. The summed E-state index contributed by atoms with van der Waals surface area (Å²) in [6.07, 6.45) is 1.94. The summed E-state index contributed by atoms with van der Waals surface area (Å²) < 4.78 is 0. The van der Waals surface area contributed by atoms with Crippen LogP contribution in [0.5, 0.6) is 0 Å². The van der Waals surface area contributed by atoms with Gasteiger partial charge in [0.1, 0.15) is 5.01 Å². The molecule has 0 aliphatic carbocycles. The molecule has 2 nitrogen and oxygen atoms in total. The molecule has 1 aromatic carbocycles. The Morgan fingerprint density at radius 3 is 3.12 bits per heavy atom. The Hall–Kier alpha value is -0.840. The fraction of sp³-hybridized carbons (Fsp3) is 0.308. The van der Waals surface area contributed by atoms with Crippen LogP contribution in [0.4, 0.5) is 0 Å². The number of benzene rings is 1. The molecule has 1 atom stereocenters. The molecule has 0 bridgehead atoms. The second kappa shape index (κ2) is 4.80. The Labute approximate surface area is 109 Å². The summed E-state index contributed by atoms with van der Waals surface area (Å²) in [5, 5.41) is 4.77. The lowest BCUT2D eigenvalue weighted by molar-refractivity contribution is 0.582. The van der Waals surface area contributed by atoms with Crippen LogP contribution in [0.25, 0.3) is 0 Å². The highest BCUT2D eigenvalue weighted by Crippen LogP contribution is 2.37. The predicted molar refractivity (Wildman–Crippen MR) is 73.6 cm³/mol. The van der Waals surface area contributed by atoms with E-state index in [9.17, 15) is 0 Å². The summed E-state index contributed by atoms with van der Waals surface area (Å²) in [5.41, 5.74) is 1.44. The molecular formula is C13H14N2S2. The van der Waals surface area contributed by atoms with E-state index in [0.29, 0.717) is 6.04 Å². The van der Waals surface area contributed by atoms with Crippen LogP contribution < -0.4 is 5.32 Å². The lowest BCUT2D eigenvalue weighted by atomic mass is 10.1. The Morgan fingerprint density at radius 1 is 1.41 bits per heavy atom. The summed E-state index contributed by atoms with van der Waals surface area (Å²) in [7, 11) is 0. The van der Waals surface area contributed by atoms with E-state index in [4.69, 9.17) is 0 Å². The van der Waals surface area contributed by atoms with E-state index >= 15 is 0 Å². The van der Waals surface area contributed by atoms with E-state index in [0.717, 1.165) is 12.3 Å². The van der Waals surface area contributed by atoms with E-state index in [1.54, 1.807) is 11.3 Å². The number of nitrogens with zero attached hydrogens (tertiary/aromatic N) is 1. The van der Waals surface area contributed by atoms with Crippen molar-refractivity contribution in [2.45, 2.75) is 24.4 Å². The van der Waals surface area contributed by atoms with Crippen LogP contribution >= 0.6 is 23.1 Å². The van der Waals surface area contributed by atoms with Crippen molar-refractivity contribution in [3.05, 3.63) is 45.9 Å². The number of rotatable bonds is 3. The normalized spacial score (nSPS) is 18.3. The van der Waals surface area contributed by atoms with Crippen molar-refractivity contribution in [3.63, 3.8) is 0 Å². The van der Waals surface area contributed by atoms with E-state index in [-0.39, 0.29) is 0 Å². The van der Waals surface area contributed by atoms with Crippen LogP contribution in [-0.2, 0) is 6.54 Å². The Kier molecular flexibility index (Phi) is 3.18. The molecule has 1 N–H and O–H groups in total. The number of nitrogens with one attached hydrogen (secondary N) is 1. The molecular weight excluding hydrogens is 248 g/mol. The molecule has 0 saturated carbocycles. The number of aromatic nitrogens is 1. The minimum Gasteiger partial charge on any atom is -0.303 e. The average molecular weight is 262 g/mol. The second-order valence-electron chi connectivity index (χ2n) is 4.15. The summed E-state index contributed by atoms with van der Waals surface area (Å²) in [6.45, 7) is 2.97. The first kappa shape index (κ1) is 11.3. The Bertz CT molecular complexity index is 522. The van der Waals surface area contributed by atoms with Gasteiger partial charge in [-0.3, -0.25) is 0 Å². The van der Waals surface area contributed by atoms with Crippen molar-refractivity contribution in [1.29, 1.82) is 0 Å². The topological polar surface area (TPSA) is 24.9 Å². The zero-order valence-electron chi connectivity index (χ0n) is 9.64. The van der Waals surface area contributed by atoms with E-state index in [2.05, 4.69) is 41.5 Å². The number of hydrogen-bond acceptors (Lipinski definition) is 4. The fourth-order valence-electron chi connectivity index (χ4n) is 2.03. The summed E-state index contributed by atoms with van der Waals surface area (Å²) >= 11 is 3.71. The maximum atomic E-state index is 4.38. The first-order chi connectivity index (χ1) is 8.33. The molecule has 3 rings (SSSR count). The molecule has 1 aromatic heterocycles.